The van der Waals surface area contributed by atoms with Crippen LogP contribution in [0.3, 0.4) is 0 Å². The first kappa shape index (κ1) is 12.7. The zero-order valence-electron chi connectivity index (χ0n) is 9.77. The zero-order chi connectivity index (χ0) is 10.7. The largest absolute Gasteiger partial charge is 0.416 e. The molecule has 0 aliphatic carbocycles. The van der Waals surface area contributed by atoms with Crippen LogP contribution in [0.2, 0.25) is 18.1 Å². The van der Waals surface area contributed by atoms with Gasteiger partial charge in [0.15, 0.2) is 8.32 Å². The third-order valence-corrected chi connectivity index (χ3v) is 7.29. The molecular formula is C11H22OSi. The predicted molar refractivity (Wildman–Crippen MR) is 61.1 cm³/mol. The van der Waals surface area contributed by atoms with E-state index in [0.717, 1.165) is 0 Å². The molecule has 0 aromatic heterocycles. The highest BCUT2D eigenvalue weighted by Crippen LogP contribution is 2.36. The molecule has 0 fully saturated rings. The average Bonchev–Trinajstić information content (AvgIpc) is 1.98. The molecule has 0 rings (SSSR count). The molecule has 0 radical (unpaired) electrons. The van der Waals surface area contributed by atoms with E-state index in [1.54, 1.807) is 0 Å². The molecule has 0 bridgehead atoms. The minimum Gasteiger partial charge on any atom is -0.416 e. The van der Waals surface area contributed by atoms with Gasteiger partial charge in [0.25, 0.3) is 0 Å². The number of hydrogen-bond acceptors (Lipinski definition) is 1. The molecule has 0 spiro atoms. The highest BCUT2D eigenvalue weighted by molar-refractivity contribution is 6.74. The van der Waals surface area contributed by atoms with Crippen molar-refractivity contribution in [3.63, 3.8) is 0 Å². The lowest BCUT2D eigenvalue weighted by atomic mass is 10.2. The van der Waals surface area contributed by atoms with Crippen molar-refractivity contribution < 1.29 is 4.43 Å². The molecule has 0 aliphatic rings. The zero-order valence-corrected chi connectivity index (χ0v) is 10.8. The predicted octanol–water partition coefficient (Wildman–Crippen LogP) is 3.28. The second-order valence-electron chi connectivity index (χ2n) is 5.14. The number of terminal acetylenes is 1. The molecular weight excluding hydrogens is 176 g/mol. The first-order valence-electron chi connectivity index (χ1n) is 4.81. The van der Waals surface area contributed by atoms with E-state index >= 15 is 0 Å². The Hall–Kier alpha value is -0.263. The van der Waals surface area contributed by atoms with Crippen LogP contribution >= 0.6 is 0 Å². The molecule has 1 unspecified atom stereocenters. The monoisotopic (exact) mass is 198 g/mol. The first-order chi connectivity index (χ1) is 5.70. The van der Waals surface area contributed by atoms with E-state index in [2.05, 4.69) is 39.8 Å². The van der Waals surface area contributed by atoms with Gasteiger partial charge in [-0.3, -0.25) is 0 Å². The van der Waals surface area contributed by atoms with Gasteiger partial charge in [0.05, 0.1) is 0 Å². The maximum absolute atomic E-state index is 5.94. The summed E-state index contributed by atoms with van der Waals surface area (Å²) < 4.78 is 5.94. The second-order valence-corrected chi connectivity index (χ2v) is 9.95. The summed E-state index contributed by atoms with van der Waals surface area (Å²) in [7, 11) is -1.58. The van der Waals surface area contributed by atoms with Crippen LogP contribution in [0.25, 0.3) is 0 Å². The van der Waals surface area contributed by atoms with Gasteiger partial charge in [0.1, 0.15) is 0 Å². The second kappa shape index (κ2) is 4.30. The van der Waals surface area contributed by atoms with E-state index in [1.165, 1.54) is 0 Å². The van der Waals surface area contributed by atoms with Crippen molar-refractivity contribution >= 4 is 8.32 Å². The average molecular weight is 198 g/mol. The molecule has 1 atom stereocenters. The van der Waals surface area contributed by atoms with Crippen LogP contribution in [0.4, 0.5) is 0 Å². The molecule has 0 aliphatic heterocycles. The molecule has 76 valence electrons. The third kappa shape index (κ3) is 3.97. The van der Waals surface area contributed by atoms with Crippen molar-refractivity contribution in [2.45, 2.75) is 45.8 Å². The summed E-state index contributed by atoms with van der Waals surface area (Å²) in [6, 6.07) is 0. The van der Waals surface area contributed by atoms with E-state index in [-0.39, 0.29) is 11.0 Å². The van der Waals surface area contributed by atoms with Gasteiger partial charge in [-0.15, -0.1) is 12.3 Å². The lowest BCUT2D eigenvalue weighted by Crippen LogP contribution is -2.41. The summed E-state index contributed by atoms with van der Waals surface area (Å²) >= 11 is 0. The van der Waals surface area contributed by atoms with E-state index < -0.39 is 8.32 Å². The van der Waals surface area contributed by atoms with Crippen molar-refractivity contribution in [2.24, 2.45) is 5.92 Å². The molecule has 0 aromatic rings. The quantitative estimate of drug-likeness (QED) is 0.499. The van der Waals surface area contributed by atoms with Crippen molar-refractivity contribution in [3.05, 3.63) is 0 Å². The summed E-state index contributed by atoms with van der Waals surface area (Å²) in [5.41, 5.74) is 0. The summed E-state index contributed by atoms with van der Waals surface area (Å²) in [4.78, 5) is 0. The highest BCUT2D eigenvalue weighted by Gasteiger charge is 2.37. The smallest absolute Gasteiger partial charge is 0.192 e. The first-order valence-corrected chi connectivity index (χ1v) is 7.71. The molecule has 0 aromatic carbocycles. The molecule has 13 heavy (non-hydrogen) atoms. The fourth-order valence-electron chi connectivity index (χ4n) is 0.598. The maximum atomic E-state index is 5.94. The summed E-state index contributed by atoms with van der Waals surface area (Å²) in [5, 5.41) is 0.279. The Morgan fingerprint density at radius 2 is 1.85 bits per heavy atom. The summed E-state index contributed by atoms with van der Waals surface area (Å²) in [5.74, 6) is 2.92. The van der Waals surface area contributed by atoms with Crippen LogP contribution in [0, 0.1) is 18.3 Å². The van der Waals surface area contributed by atoms with Crippen molar-refractivity contribution in [1.29, 1.82) is 0 Å². The van der Waals surface area contributed by atoms with E-state index in [1.807, 2.05) is 6.92 Å². The highest BCUT2D eigenvalue weighted by atomic mass is 28.4. The molecule has 0 saturated carbocycles. The summed E-state index contributed by atoms with van der Waals surface area (Å²) in [6.45, 7) is 13.9. The van der Waals surface area contributed by atoms with Gasteiger partial charge in [-0.25, -0.2) is 0 Å². The van der Waals surface area contributed by atoms with Gasteiger partial charge in [-0.2, -0.15) is 0 Å². The van der Waals surface area contributed by atoms with Gasteiger partial charge in [-0.05, 0) is 25.1 Å². The Balaban J connectivity index is 4.14. The molecule has 0 N–H and O–H groups in total. The van der Waals surface area contributed by atoms with Gasteiger partial charge in [0.2, 0.25) is 0 Å². The Labute approximate surface area is 84.0 Å². The van der Waals surface area contributed by atoms with Crippen LogP contribution in [0.15, 0.2) is 0 Å². The maximum Gasteiger partial charge on any atom is 0.192 e. The fraction of sp³-hybridized carbons (Fsp3) is 0.818. The third-order valence-electron chi connectivity index (χ3n) is 2.78. The van der Waals surface area contributed by atoms with Gasteiger partial charge in [-0.1, -0.05) is 20.8 Å². The molecule has 0 amide bonds. The van der Waals surface area contributed by atoms with Gasteiger partial charge >= 0.3 is 0 Å². The van der Waals surface area contributed by atoms with Crippen LogP contribution in [0.1, 0.15) is 27.7 Å². The Morgan fingerprint density at radius 3 is 2.15 bits per heavy atom. The normalized spacial score (nSPS) is 15.2. The number of hydrogen-bond donors (Lipinski definition) is 0. The van der Waals surface area contributed by atoms with E-state index in [0.29, 0.717) is 6.61 Å². The number of rotatable bonds is 3. The van der Waals surface area contributed by atoms with Crippen molar-refractivity contribution in [2.75, 3.05) is 6.61 Å². The van der Waals surface area contributed by atoms with Crippen molar-refractivity contribution in [3.8, 4) is 12.3 Å². The standard InChI is InChI=1S/C11H22OSi/c1-8-10(2)9-12-13(6,7)11(3,4)5/h1,10H,9H2,2-7H3. The van der Waals surface area contributed by atoms with Gasteiger partial charge < -0.3 is 4.43 Å². The Morgan fingerprint density at radius 1 is 1.38 bits per heavy atom. The molecule has 2 heteroatoms. The molecule has 0 heterocycles. The Kier molecular flexibility index (Phi) is 4.21. The molecule has 1 nitrogen and oxygen atoms in total. The summed E-state index contributed by atoms with van der Waals surface area (Å²) in [6.07, 6.45) is 5.30. The van der Waals surface area contributed by atoms with Crippen LogP contribution < -0.4 is 0 Å². The van der Waals surface area contributed by atoms with Crippen LogP contribution in [-0.2, 0) is 4.43 Å². The van der Waals surface area contributed by atoms with Crippen LogP contribution in [-0.4, -0.2) is 14.9 Å². The van der Waals surface area contributed by atoms with Gasteiger partial charge in [0, 0.05) is 12.5 Å². The van der Waals surface area contributed by atoms with E-state index in [9.17, 15) is 0 Å². The minimum atomic E-state index is -1.58. The topological polar surface area (TPSA) is 9.23 Å². The lowest BCUT2D eigenvalue weighted by molar-refractivity contribution is 0.263. The fourth-order valence-corrected chi connectivity index (χ4v) is 1.70. The SMILES string of the molecule is C#CC(C)CO[Si](C)(C)C(C)(C)C. The lowest BCUT2D eigenvalue weighted by Gasteiger charge is -2.36. The molecule has 0 saturated heterocycles. The van der Waals surface area contributed by atoms with Crippen molar-refractivity contribution in [1.82, 2.24) is 0 Å². The minimum absolute atomic E-state index is 0.231. The van der Waals surface area contributed by atoms with Crippen LogP contribution in [0.5, 0.6) is 0 Å². The Bertz CT molecular complexity index is 195. The van der Waals surface area contributed by atoms with E-state index in [4.69, 9.17) is 10.8 Å².